The number of hydrogen-bond donors (Lipinski definition) is 3. The van der Waals surface area contributed by atoms with Crippen LogP contribution in [0.3, 0.4) is 0 Å². The lowest BCUT2D eigenvalue weighted by atomic mass is 9.44. The van der Waals surface area contributed by atoms with Crippen molar-refractivity contribution in [1.82, 2.24) is 4.72 Å². The number of rotatable bonds is 5. The minimum absolute atomic E-state index is 0.0384. The molecule has 0 aromatic heterocycles. The van der Waals surface area contributed by atoms with Gasteiger partial charge in [0.1, 0.15) is 6.17 Å². The van der Waals surface area contributed by atoms with Crippen LogP contribution in [0.5, 0.6) is 0 Å². The predicted molar refractivity (Wildman–Crippen MR) is 123 cm³/mol. The molecule has 0 spiro atoms. The van der Waals surface area contributed by atoms with Crippen molar-refractivity contribution in [2.24, 2.45) is 22.7 Å². The highest BCUT2D eigenvalue weighted by atomic mass is 32.1. The molecule has 188 valence electrons. The number of aliphatic hydroxyl groups is 1. The van der Waals surface area contributed by atoms with Gasteiger partial charge in [-0.3, -0.25) is 14.3 Å². The van der Waals surface area contributed by atoms with Crippen molar-refractivity contribution >= 4 is 24.4 Å². The lowest BCUT2D eigenvalue weighted by molar-refractivity contribution is -0.233. The number of ether oxygens (including phenoxy) is 2. The Morgan fingerprint density at radius 2 is 2.06 bits per heavy atom. The zero-order chi connectivity index (χ0) is 24.7. The number of aliphatic hydroxyl groups excluding tert-OH is 1. The number of thiol groups is 1. The molecule has 4 aliphatic carbocycles. The molecule has 1 aliphatic heterocycles. The van der Waals surface area contributed by atoms with Gasteiger partial charge in [0, 0.05) is 16.7 Å². The Kier molecular flexibility index (Phi) is 5.73. The molecule has 5 aliphatic rings. The van der Waals surface area contributed by atoms with E-state index < -0.39 is 58.6 Å². The minimum Gasteiger partial charge on any atom is -0.390 e. The average molecular weight is 498 g/mol. The first kappa shape index (κ1) is 24.6. The Hall–Kier alpha value is -1.13. The number of Topliss-reactive ketones (excluding diaryl/α,β-unsaturated/α-hetero) is 1. The van der Waals surface area contributed by atoms with E-state index in [9.17, 15) is 14.7 Å². The molecule has 1 saturated heterocycles. The highest BCUT2D eigenvalue weighted by Gasteiger charge is 2.79. The molecule has 34 heavy (non-hydrogen) atoms. The second-order valence-corrected chi connectivity index (χ2v) is 11.4. The fourth-order valence-corrected chi connectivity index (χ4v) is 8.23. The molecule has 5 rings (SSSR count). The van der Waals surface area contributed by atoms with Gasteiger partial charge in [-0.15, -0.1) is 0 Å². The van der Waals surface area contributed by atoms with E-state index in [1.54, 1.807) is 6.92 Å². The van der Waals surface area contributed by atoms with Crippen LogP contribution in [0.25, 0.3) is 0 Å². The summed E-state index contributed by atoms with van der Waals surface area (Å²) in [5.41, 5.74) is -5.92. The normalized spacial score (nSPS) is 51.4. The topological polar surface area (TPSA) is 84.9 Å². The number of halogens is 2. The molecule has 3 saturated carbocycles. The van der Waals surface area contributed by atoms with Crippen LogP contribution in [0.2, 0.25) is 0 Å². The maximum absolute atomic E-state index is 17.3. The summed E-state index contributed by atoms with van der Waals surface area (Å²) in [4.78, 5) is 25.6. The van der Waals surface area contributed by atoms with Crippen molar-refractivity contribution in [1.29, 1.82) is 0 Å². The molecule has 1 heterocycles. The highest BCUT2D eigenvalue weighted by Crippen LogP contribution is 2.72. The monoisotopic (exact) mass is 497 g/mol. The smallest absolute Gasteiger partial charge is 0.182 e. The zero-order valence-electron chi connectivity index (χ0n) is 19.7. The number of fused-ring (bicyclic) bond motifs is 7. The maximum Gasteiger partial charge on any atom is 0.182 e. The van der Waals surface area contributed by atoms with Crippen LogP contribution < -0.4 is 4.72 Å². The number of carbonyl (C=O) groups is 2. The van der Waals surface area contributed by atoms with Crippen molar-refractivity contribution < 1.29 is 33.0 Å². The van der Waals surface area contributed by atoms with Gasteiger partial charge in [0.25, 0.3) is 0 Å². The lowest BCUT2D eigenvalue weighted by Gasteiger charge is -2.63. The van der Waals surface area contributed by atoms with Crippen molar-refractivity contribution in [3.05, 3.63) is 23.8 Å². The van der Waals surface area contributed by atoms with Crippen LogP contribution in [0.1, 0.15) is 52.9 Å². The average Bonchev–Trinajstić information content (AvgIpc) is 3.25. The molecule has 0 bridgehead atoms. The molecule has 0 amide bonds. The molecule has 2 N–H and O–H groups in total. The summed E-state index contributed by atoms with van der Waals surface area (Å²) in [7, 11) is 0. The molecular weight excluding hydrogens is 464 g/mol. The third-order valence-electron chi connectivity index (χ3n) is 9.60. The van der Waals surface area contributed by atoms with Gasteiger partial charge < -0.3 is 14.6 Å². The van der Waals surface area contributed by atoms with Gasteiger partial charge in [-0.25, -0.2) is 8.78 Å². The maximum atomic E-state index is 17.3. The summed E-state index contributed by atoms with van der Waals surface area (Å²) in [6.07, 6.45) is 1.20. The van der Waals surface area contributed by atoms with Crippen LogP contribution in [0.4, 0.5) is 8.78 Å². The molecule has 4 fully saturated rings. The van der Waals surface area contributed by atoms with E-state index in [1.165, 1.54) is 18.2 Å². The summed E-state index contributed by atoms with van der Waals surface area (Å²) in [6, 6.07) is 0. The van der Waals surface area contributed by atoms with Crippen molar-refractivity contribution in [2.45, 2.75) is 88.8 Å². The quantitative estimate of drug-likeness (QED) is 0.506. The fraction of sp³-hybridized carbons (Fsp3) is 0.760. The summed E-state index contributed by atoms with van der Waals surface area (Å²) in [6.45, 7) is 5.34. The van der Waals surface area contributed by atoms with Gasteiger partial charge in [0.15, 0.2) is 29.1 Å². The van der Waals surface area contributed by atoms with Crippen LogP contribution in [-0.2, 0) is 19.1 Å². The number of hydrogen-bond acceptors (Lipinski definition) is 7. The largest absolute Gasteiger partial charge is 0.390 e. The van der Waals surface area contributed by atoms with E-state index in [0.717, 1.165) is 6.42 Å². The van der Waals surface area contributed by atoms with E-state index >= 15 is 8.78 Å². The van der Waals surface area contributed by atoms with Crippen molar-refractivity contribution in [3.8, 4) is 0 Å². The Morgan fingerprint density at radius 3 is 2.74 bits per heavy atom. The zero-order valence-corrected chi connectivity index (χ0v) is 20.6. The van der Waals surface area contributed by atoms with Crippen LogP contribution in [0, 0.1) is 22.7 Å². The van der Waals surface area contributed by atoms with E-state index in [0.29, 0.717) is 12.8 Å². The van der Waals surface area contributed by atoms with Gasteiger partial charge in [0.05, 0.1) is 18.8 Å². The summed E-state index contributed by atoms with van der Waals surface area (Å²) >= 11 is 4.01. The van der Waals surface area contributed by atoms with Gasteiger partial charge in [-0.05, 0) is 56.3 Å². The Labute approximate surface area is 204 Å². The summed E-state index contributed by atoms with van der Waals surface area (Å²) in [5.74, 6) is -1.97. The molecule has 0 aromatic carbocycles. The van der Waals surface area contributed by atoms with Gasteiger partial charge in [-0.1, -0.05) is 39.2 Å². The Balaban J connectivity index is 1.61. The SMILES string of the molecule is CCCC1O[C@@H]2C[C@H]3[C@@H]4C[C@H](F)C5=CC(=O)C=C[C@]5(C)[C@@]4(F)[C@@H](O)C[C@]3(C)[C@]2(C(=O)CNS)O1. The van der Waals surface area contributed by atoms with Crippen LogP contribution in [-0.4, -0.2) is 59.2 Å². The minimum atomic E-state index is -2.20. The first-order chi connectivity index (χ1) is 16.0. The van der Waals surface area contributed by atoms with Crippen LogP contribution in [0.15, 0.2) is 23.8 Å². The molecule has 1 unspecified atom stereocenters. The number of nitrogens with one attached hydrogen (secondary N) is 1. The molecule has 10 atom stereocenters. The summed E-state index contributed by atoms with van der Waals surface area (Å²) < 4.78 is 48.0. The predicted octanol–water partition coefficient (Wildman–Crippen LogP) is 3.20. The molecular formula is C25H33F2NO5S. The molecule has 0 aromatic rings. The lowest BCUT2D eigenvalue weighted by Crippen LogP contribution is -2.71. The Bertz CT molecular complexity index is 975. The van der Waals surface area contributed by atoms with Gasteiger partial charge in [0.2, 0.25) is 0 Å². The number of ketones is 2. The van der Waals surface area contributed by atoms with Gasteiger partial charge >= 0.3 is 0 Å². The number of alkyl halides is 2. The van der Waals surface area contributed by atoms with Gasteiger partial charge in [-0.2, -0.15) is 0 Å². The van der Waals surface area contributed by atoms with E-state index in [-0.39, 0.29) is 36.5 Å². The third kappa shape index (κ3) is 2.82. The van der Waals surface area contributed by atoms with E-state index in [1.807, 2.05) is 13.8 Å². The number of carbonyl (C=O) groups excluding carboxylic acids is 2. The fourth-order valence-electron chi connectivity index (χ4n) is 8.09. The van der Waals surface area contributed by atoms with E-state index in [4.69, 9.17) is 9.47 Å². The van der Waals surface area contributed by atoms with Crippen LogP contribution >= 0.6 is 12.8 Å². The standard InChI is InChI=1S/C25H33F2NO5S/c1-4-5-21-32-20-10-14-15-9-17(26)16-8-13(29)6-7-22(16,2)24(15,27)18(30)11-23(14,3)25(20,33-21)19(31)12-28-34/h6-8,14-15,17-18,20-21,28,30,34H,4-5,9-12H2,1-3H3/t14-,15-,17-,18-,20+,21?,22-,23-,24-,25+/m0/s1. The third-order valence-corrected chi connectivity index (χ3v) is 9.76. The molecule has 9 heteroatoms. The summed E-state index contributed by atoms with van der Waals surface area (Å²) in [5, 5.41) is 11.5. The number of allylic oxidation sites excluding steroid dienone is 4. The molecule has 6 nitrogen and oxygen atoms in total. The second kappa shape index (κ2) is 7.93. The first-order valence-electron chi connectivity index (χ1n) is 12.2. The second-order valence-electron chi connectivity index (χ2n) is 11.0. The van der Waals surface area contributed by atoms with E-state index in [2.05, 4.69) is 17.5 Å². The highest BCUT2D eigenvalue weighted by molar-refractivity contribution is 7.78. The Morgan fingerprint density at radius 1 is 1.32 bits per heavy atom. The van der Waals surface area contributed by atoms with Crippen molar-refractivity contribution in [2.75, 3.05) is 6.54 Å². The molecule has 0 radical (unpaired) electrons. The first-order valence-corrected chi connectivity index (χ1v) is 12.6. The van der Waals surface area contributed by atoms with Crippen molar-refractivity contribution in [3.63, 3.8) is 0 Å².